The van der Waals surface area contributed by atoms with Crippen LogP contribution in [0.15, 0.2) is 24.3 Å². The van der Waals surface area contributed by atoms with Crippen molar-refractivity contribution < 1.29 is 19.4 Å². The lowest BCUT2D eigenvalue weighted by Crippen LogP contribution is -2.46. The minimum absolute atomic E-state index is 0.215. The van der Waals surface area contributed by atoms with E-state index in [2.05, 4.69) is 0 Å². The number of benzene rings is 1. The molecule has 5 N–H and O–H groups in total. The van der Waals surface area contributed by atoms with Gasteiger partial charge < -0.3 is 21.3 Å². The fourth-order valence-corrected chi connectivity index (χ4v) is 1.40. The second kappa shape index (κ2) is 6.49. The molecule has 0 heterocycles. The molecule has 20 heavy (non-hydrogen) atoms. The molecule has 0 saturated carbocycles. The van der Waals surface area contributed by atoms with Crippen LogP contribution < -0.4 is 16.2 Å². The van der Waals surface area contributed by atoms with Crippen LogP contribution in [-0.4, -0.2) is 28.6 Å². The van der Waals surface area contributed by atoms with Gasteiger partial charge in [-0.15, -0.1) is 0 Å². The third-order valence-electron chi connectivity index (χ3n) is 3.11. The first-order chi connectivity index (χ1) is 9.26. The minimum atomic E-state index is -1.05. The molecule has 1 aromatic carbocycles. The van der Waals surface area contributed by atoms with Crippen LogP contribution in [0.5, 0.6) is 5.75 Å². The molecule has 0 aliphatic rings. The first kappa shape index (κ1) is 16.1. The molecule has 1 aromatic rings. The molecule has 0 aliphatic carbocycles. The van der Waals surface area contributed by atoms with Crippen LogP contribution in [0.1, 0.15) is 25.8 Å². The summed E-state index contributed by atoms with van der Waals surface area (Å²) in [7, 11) is 0. The zero-order chi connectivity index (χ0) is 15.3. The Labute approximate surface area is 117 Å². The Kier molecular flexibility index (Phi) is 5.24. The number of carbonyl (C=O) groups is 2. The Morgan fingerprint density at radius 3 is 2.35 bits per heavy atom. The smallest absolute Gasteiger partial charge is 0.331 e. The normalized spacial score (nSPS) is 15.2. The van der Waals surface area contributed by atoms with E-state index in [4.69, 9.17) is 21.3 Å². The highest BCUT2D eigenvalue weighted by Crippen LogP contribution is 2.16. The fourth-order valence-electron chi connectivity index (χ4n) is 1.40. The van der Waals surface area contributed by atoms with Gasteiger partial charge >= 0.3 is 11.9 Å². The molecule has 2 atom stereocenters. The van der Waals surface area contributed by atoms with Gasteiger partial charge in [0.2, 0.25) is 0 Å². The molecule has 6 heteroatoms. The van der Waals surface area contributed by atoms with Crippen LogP contribution in [0.3, 0.4) is 0 Å². The maximum absolute atomic E-state index is 11.8. The van der Waals surface area contributed by atoms with Gasteiger partial charge in [-0.05, 0) is 37.5 Å². The zero-order valence-electron chi connectivity index (χ0n) is 11.6. The summed E-state index contributed by atoms with van der Waals surface area (Å²) in [6.07, 6.45) is 0.685. The Bertz CT molecular complexity index is 482. The highest BCUT2D eigenvalue weighted by atomic mass is 16.5. The maximum atomic E-state index is 11.8. The quantitative estimate of drug-likeness (QED) is 0.521. The number of aliphatic carboxylic acids is 1. The van der Waals surface area contributed by atoms with E-state index in [0.29, 0.717) is 12.2 Å². The van der Waals surface area contributed by atoms with Crippen molar-refractivity contribution in [2.45, 2.75) is 38.3 Å². The van der Waals surface area contributed by atoms with Crippen molar-refractivity contribution >= 4 is 11.9 Å². The topological polar surface area (TPSA) is 116 Å². The largest absolute Gasteiger partial charge is 0.480 e. The Morgan fingerprint density at radius 2 is 1.90 bits per heavy atom. The Balaban J connectivity index is 2.68. The number of rotatable bonds is 6. The maximum Gasteiger partial charge on any atom is 0.331 e. The van der Waals surface area contributed by atoms with Crippen molar-refractivity contribution in [2.75, 3.05) is 0 Å². The number of carbonyl (C=O) groups excluding carboxylic acids is 1. The number of hydrogen-bond acceptors (Lipinski definition) is 5. The molecule has 0 fully saturated rings. The first-order valence-electron chi connectivity index (χ1n) is 6.34. The molecule has 0 aliphatic heterocycles. The Hall–Kier alpha value is -1.92. The molecular formula is C14H20N2O4. The number of carboxylic acids is 1. The lowest BCUT2D eigenvalue weighted by atomic mass is 10.0. The second-order valence-corrected chi connectivity index (χ2v) is 4.95. The molecule has 0 saturated heterocycles. The summed E-state index contributed by atoms with van der Waals surface area (Å²) in [5.74, 6) is -1.19. The van der Waals surface area contributed by atoms with Gasteiger partial charge in [-0.25, -0.2) is 4.79 Å². The molecule has 0 radical (unpaired) electrons. The summed E-state index contributed by atoms with van der Waals surface area (Å²) >= 11 is 0. The Morgan fingerprint density at radius 1 is 1.35 bits per heavy atom. The van der Waals surface area contributed by atoms with E-state index in [0.717, 1.165) is 5.56 Å². The van der Waals surface area contributed by atoms with E-state index in [9.17, 15) is 9.59 Å². The third-order valence-corrected chi connectivity index (χ3v) is 3.11. The van der Waals surface area contributed by atoms with Crippen molar-refractivity contribution in [3.8, 4) is 5.75 Å². The summed E-state index contributed by atoms with van der Waals surface area (Å²) < 4.78 is 5.17. The molecule has 0 bridgehead atoms. The summed E-state index contributed by atoms with van der Waals surface area (Å²) in [4.78, 5) is 22.4. The van der Waals surface area contributed by atoms with Crippen LogP contribution in [0, 0.1) is 0 Å². The predicted molar refractivity (Wildman–Crippen MR) is 74.3 cm³/mol. The summed E-state index contributed by atoms with van der Waals surface area (Å²) in [6.45, 7) is 3.41. The van der Waals surface area contributed by atoms with Gasteiger partial charge in [-0.1, -0.05) is 19.1 Å². The second-order valence-electron chi connectivity index (χ2n) is 4.95. The number of ether oxygens (including phenoxy) is 1. The van der Waals surface area contributed by atoms with E-state index in [1.54, 1.807) is 38.1 Å². The van der Waals surface area contributed by atoms with E-state index in [1.165, 1.54) is 0 Å². The van der Waals surface area contributed by atoms with E-state index in [-0.39, 0.29) is 6.42 Å². The van der Waals surface area contributed by atoms with Gasteiger partial charge in [0.05, 0.1) is 0 Å². The van der Waals surface area contributed by atoms with Gasteiger partial charge in [0.15, 0.2) is 0 Å². The van der Waals surface area contributed by atoms with Crippen molar-refractivity contribution in [3.63, 3.8) is 0 Å². The molecule has 1 rings (SSSR count). The molecule has 1 unspecified atom stereocenters. The van der Waals surface area contributed by atoms with Gasteiger partial charge in [-0.3, -0.25) is 4.79 Å². The first-order valence-corrected chi connectivity index (χ1v) is 6.34. The highest BCUT2D eigenvalue weighted by molar-refractivity contribution is 5.82. The summed E-state index contributed by atoms with van der Waals surface area (Å²) in [5.41, 5.74) is 11.0. The number of esters is 1. The molecule has 110 valence electrons. The van der Waals surface area contributed by atoms with Crippen LogP contribution in [-0.2, 0) is 16.0 Å². The summed E-state index contributed by atoms with van der Waals surface area (Å²) in [5, 5.41) is 8.73. The molecular weight excluding hydrogens is 260 g/mol. The SMILES string of the molecule is CCC(C)(N)C(=O)Oc1ccc(C[C@@H](N)C(=O)O)cc1. The molecule has 0 aromatic heterocycles. The van der Waals surface area contributed by atoms with Crippen LogP contribution >= 0.6 is 0 Å². The van der Waals surface area contributed by atoms with Crippen LogP contribution in [0.4, 0.5) is 0 Å². The van der Waals surface area contributed by atoms with Crippen molar-refractivity contribution in [3.05, 3.63) is 29.8 Å². The molecule has 0 spiro atoms. The van der Waals surface area contributed by atoms with Crippen LogP contribution in [0.2, 0.25) is 0 Å². The standard InChI is InChI=1S/C14H20N2O4/c1-3-14(2,16)13(19)20-10-6-4-9(5-7-10)8-11(15)12(17)18/h4-7,11H,3,8,15-16H2,1-2H3,(H,17,18)/t11-,14?/m1/s1. The van der Waals surface area contributed by atoms with Crippen LogP contribution in [0.25, 0.3) is 0 Å². The third kappa shape index (κ3) is 4.32. The van der Waals surface area contributed by atoms with E-state index < -0.39 is 23.5 Å². The van der Waals surface area contributed by atoms with E-state index in [1.807, 2.05) is 0 Å². The van der Waals surface area contributed by atoms with Gasteiger partial charge in [0, 0.05) is 0 Å². The zero-order valence-corrected chi connectivity index (χ0v) is 11.6. The minimum Gasteiger partial charge on any atom is -0.480 e. The number of hydrogen-bond donors (Lipinski definition) is 3. The average molecular weight is 280 g/mol. The predicted octanol–water partition coefficient (Wildman–Crippen LogP) is 0.674. The van der Waals surface area contributed by atoms with Crippen molar-refractivity contribution in [2.24, 2.45) is 11.5 Å². The number of carboxylic acid groups (broad SMARTS) is 1. The molecule has 6 nitrogen and oxygen atoms in total. The fraction of sp³-hybridized carbons (Fsp3) is 0.429. The monoisotopic (exact) mass is 280 g/mol. The summed E-state index contributed by atoms with van der Waals surface area (Å²) in [6, 6.07) is 5.58. The van der Waals surface area contributed by atoms with Gasteiger partial charge in [0.25, 0.3) is 0 Å². The molecule has 0 amide bonds. The highest BCUT2D eigenvalue weighted by Gasteiger charge is 2.28. The lowest BCUT2D eigenvalue weighted by molar-refractivity contribution is -0.140. The van der Waals surface area contributed by atoms with E-state index >= 15 is 0 Å². The van der Waals surface area contributed by atoms with Gasteiger partial charge in [0.1, 0.15) is 17.3 Å². The van der Waals surface area contributed by atoms with Crippen molar-refractivity contribution in [1.29, 1.82) is 0 Å². The van der Waals surface area contributed by atoms with Gasteiger partial charge in [-0.2, -0.15) is 0 Å². The van der Waals surface area contributed by atoms with Crippen molar-refractivity contribution in [1.82, 2.24) is 0 Å². The average Bonchev–Trinajstić information content (AvgIpc) is 2.40. The number of nitrogens with two attached hydrogens (primary N) is 2. The lowest BCUT2D eigenvalue weighted by Gasteiger charge is -2.20.